The number of morpholine rings is 1. The summed E-state index contributed by atoms with van der Waals surface area (Å²) in [6, 6.07) is 5.04. The highest BCUT2D eigenvalue weighted by Gasteiger charge is 2.31. The van der Waals surface area contributed by atoms with Crippen molar-refractivity contribution in [3.63, 3.8) is 0 Å². The zero-order chi connectivity index (χ0) is 24.6. The number of carbonyl (C=O) groups is 3. The zero-order valence-corrected chi connectivity index (χ0v) is 20.7. The van der Waals surface area contributed by atoms with E-state index >= 15 is 0 Å². The van der Waals surface area contributed by atoms with Crippen LogP contribution in [-0.4, -0.2) is 98.6 Å². The van der Waals surface area contributed by atoms with Gasteiger partial charge in [-0.3, -0.25) is 14.4 Å². The lowest BCUT2D eigenvalue weighted by atomic mass is 9.94. The van der Waals surface area contributed by atoms with E-state index in [-0.39, 0.29) is 30.2 Å². The van der Waals surface area contributed by atoms with Crippen molar-refractivity contribution in [2.24, 2.45) is 5.92 Å². The van der Waals surface area contributed by atoms with Crippen LogP contribution in [0.2, 0.25) is 0 Å². The third kappa shape index (κ3) is 6.45. The number of piperidine rings is 1. The fraction of sp³-hybridized carbons (Fsp3) is 0.654. The molecular formula is C26H37N3O6. The van der Waals surface area contributed by atoms with Gasteiger partial charge in [0.2, 0.25) is 5.91 Å². The van der Waals surface area contributed by atoms with Crippen LogP contribution in [0.15, 0.2) is 18.2 Å². The first-order valence-corrected chi connectivity index (χ1v) is 12.8. The van der Waals surface area contributed by atoms with E-state index in [1.807, 2.05) is 9.80 Å². The van der Waals surface area contributed by atoms with E-state index in [4.69, 9.17) is 14.2 Å². The Balaban J connectivity index is 1.30. The number of ether oxygens (including phenoxy) is 3. The number of likely N-dealkylation sites (tertiary alicyclic amines) is 2. The van der Waals surface area contributed by atoms with Gasteiger partial charge in [0, 0.05) is 50.7 Å². The minimum Gasteiger partial charge on any atom is -0.493 e. The number of amides is 3. The van der Waals surface area contributed by atoms with Gasteiger partial charge in [-0.15, -0.1) is 0 Å². The van der Waals surface area contributed by atoms with Gasteiger partial charge in [0.1, 0.15) is 0 Å². The Morgan fingerprint density at radius 3 is 2.20 bits per heavy atom. The molecule has 1 aromatic carbocycles. The number of rotatable bonds is 6. The maximum Gasteiger partial charge on any atom is 0.260 e. The van der Waals surface area contributed by atoms with Crippen LogP contribution < -0.4 is 9.47 Å². The number of nitrogens with zero attached hydrogens (tertiary/aromatic N) is 3. The average molecular weight is 488 g/mol. The molecule has 3 amide bonds. The number of hydrogen-bond acceptors (Lipinski definition) is 6. The molecule has 192 valence electrons. The fourth-order valence-corrected chi connectivity index (χ4v) is 5.02. The summed E-state index contributed by atoms with van der Waals surface area (Å²) in [7, 11) is 1.51. The number of carbonyl (C=O) groups excluding carboxylic acids is 3. The molecule has 9 nitrogen and oxygen atoms in total. The quantitative estimate of drug-likeness (QED) is 0.611. The average Bonchev–Trinajstić information content (AvgIpc) is 3.21. The third-order valence-electron chi connectivity index (χ3n) is 7.17. The smallest absolute Gasteiger partial charge is 0.260 e. The van der Waals surface area contributed by atoms with E-state index in [9.17, 15) is 14.4 Å². The molecule has 0 spiro atoms. The molecule has 3 heterocycles. The number of benzene rings is 1. The number of hydrogen-bond donors (Lipinski definition) is 0. The van der Waals surface area contributed by atoms with E-state index in [1.165, 1.54) is 20.0 Å². The van der Waals surface area contributed by atoms with Crippen molar-refractivity contribution >= 4 is 17.7 Å². The topological polar surface area (TPSA) is 88.6 Å². The molecule has 0 aliphatic carbocycles. The predicted octanol–water partition coefficient (Wildman–Crippen LogP) is 2.19. The lowest BCUT2D eigenvalue weighted by molar-refractivity contribution is -0.137. The van der Waals surface area contributed by atoms with E-state index in [0.29, 0.717) is 69.3 Å². The zero-order valence-electron chi connectivity index (χ0n) is 20.7. The van der Waals surface area contributed by atoms with E-state index in [0.717, 1.165) is 25.9 Å². The molecule has 0 radical (unpaired) electrons. The van der Waals surface area contributed by atoms with Gasteiger partial charge in [-0.1, -0.05) is 12.8 Å². The Morgan fingerprint density at radius 1 is 0.857 bits per heavy atom. The molecule has 3 saturated heterocycles. The predicted molar refractivity (Wildman–Crippen MR) is 130 cm³/mol. The van der Waals surface area contributed by atoms with Gasteiger partial charge in [0.15, 0.2) is 18.1 Å². The Kier molecular flexibility index (Phi) is 8.84. The van der Waals surface area contributed by atoms with Crippen molar-refractivity contribution in [1.29, 1.82) is 0 Å². The second-order valence-corrected chi connectivity index (χ2v) is 9.45. The first-order valence-electron chi connectivity index (χ1n) is 12.8. The summed E-state index contributed by atoms with van der Waals surface area (Å²) in [5, 5.41) is 0. The second kappa shape index (κ2) is 12.2. The summed E-state index contributed by atoms with van der Waals surface area (Å²) in [4.78, 5) is 44.0. The van der Waals surface area contributed by atoms with Gasteiger partial charge in [-0.05, 0) is 43.9 Å². The molecule has 0 bridgehead atoms. The molecule has 3 aliphatic heterocycles. The van der Waals surface area contributed by atoms with E-state index in [1.54, 1.807) is 23.1 Å². The molecule has 0 atom stereocenters. The summed E-state index contributed by atoms with van der Waals surface area (Å²) in [5.41, 5.74) is 0.506. The van der Waals surface area contributed by atoms with Crippen molar-refractivity contribution in [3.8, 4) is 11.5 Å². The Bertz CT molecular complexity index is 885. The summed E-state index contributed by atoms with van der Waals surface area (Å²) in [6.07, 6.45) is 5.98. The van der Waals surface area contributed by atoms with Gasteiger partial charge in [0.05, 0.1) is 20.3 Å². The summed E-state index contributed by atoms with van der Waals surface area (Å²) >= 11 is 0. The molecule has 1 aromatic rings. The van der Waals surface area contributed by atoms with Crippen LogP contribution in [-0.2, 0) is 14.3 Å². The third-order valence-corrected chi connectivity index (χ3v) is 7.17. The highest BCUT2D eigenvalue weighted by atomic mass is 16.5. The van der Waals surface area contributed by atoms with Crippen molar-refractivity contribution in [1.82, 2.24) is 14.7 Å². The van der Waals surface area contributed by atoms with Crippen LogP contribution >= 0.6 is 0 Å². The highest BCUT2D eigenvalue weighted by Crippen LogP contribution is 2.30. The van der Waals surface area contributed by atoms with E-state index < -0.39 is 0 Å². The second-order valence-electron chi connectivity index (χ2n) is 9.45. The maximum absolute atomic E-state index is 13.1. The van der Waals surface area contributed by atoms with Crippen molar-refractivity contribution in [3.05, 3.63) is 23.8 Å². The molecule has 4 rings (SSSR count). The molecule has 35 heavy (non-hydrogen) atoms. The van der Waals surface area contributed by atoms with Crippen LogP contribution in [0.25, 0.3) is 0 Å². The van der Waals surface area contributed by atoms with Gasteiger partial charge < -0.3 is 28.9 Å². The summed E-state index contributed by atoms with van der Waals surface area (Å²) < 4.78 is 16.4. The normalized spacial score (nSPS) is 19.7. The Hall–Kier alpha value is -2.81. The SMILES string of the molecule is COc1cc(C(=O)N2CCC(C(=O)N3CCCCCC3)CC2)ccc1OCC(=O)N1CCOCC1. The summed E-state index contributed by atoms with van der Waals surface area (Å²) in [6.45, 7) is 4.97. The van der Waals surface area contributed by atoms with Gasteiger partial charge >= 0.3 is 0 Å². The van der Waals surface area contributed by atoms with Gasteiger partial charge in [0.25, 0.3) is 11.8 Å². The summed E-state index contributed by atoms with van der Waals surface area (Å²) in [5.74, 6) is 0.914. The largest absolute Gasteiger partial charge is 0.493 e. The minimum absolute atomic E-state index is 0.00599. The monoisotopic (exact) mass is 487 g/mol. The van der Waals surface area contributed by atoms with Crippen LogP contribution in [0, 0.1) is 5.92 Å². The van der Waals surface area contributed by atoms with E-state index in [2.05, 4.69) is 0 Å². The number of methoxy groups -OCH3 is 1. The van der Waals surface area contributed by atoms with Crippen molar-refractivity contribution < 1.29 is 28.6 Å². The van der Waals surface area contributed by atoms with Crippen molar-refractivity contribution in [2.45, 2.75) is 38.5 Å². The molecular weight excluding hydrogens is 450 g/mol. The minimum atomic E-state index is -0.104. The van der Waals surface area contributed by atoms with Crippen LogP contribution in [0.1, 0.15) is 48.9 Å². The standard InChI is InChI=1S/C26H37N3O6/c1-33-23-18-21(6-7-22(23)35-19-24(30)27-14-16-34-17-15-27)26(32)29-12-8-20(9-13-29)25(31)28-10-4-2-3-5-11-28/h6-7,18,20H,2-5,8-17,19H2,1H3. The first-order chi connectivity index (χ1) is 17.1. The van der Waals surface area contributed by atoms with Crippen LogP contribution in [0.4, 0.5) is 0 Å². The van der Waals surface area contributed by atoms with Crippen LogP contribution in [0.3, 0.4) is 0 Å². The molecule has 0 unspecified atom stereocenters. The molecule has 0 aromatic heterocycles. The fourth-order valence-electron chi connectivity index (χ4n) is 5.02. The lowest BCUT2D eigenvalue weighted by Gasteiger charge is -2.34. The molecule has 0 saturated carbocycles. The van der Waals surface area contributed by atoms with Crippen molar-refractivity contribution in [2.75, 3.05) is 66.2 Å². The Morgan fingerprint density at radius 2 is 1.54 bits per heavy atom. The molecule has 0 N–H and O–H groups in total. The lowest BCUT2D eigenvalue weighted by Crippen LogP contribution is -2.44. The van der Waals surface area contributed by atoms with Gasteiger partial charge in [-0.25, -0.2) is 0 Å². The molecule has 3 fully saturated rings. The van der Waals surface area contributed by atoms with Gasteiger partial charge in [-0.2, -0.15) is 0 Å². The highest BCUT2D eigenvalue weighted by molar-refractivity contribution is 5.95. The Labute approximate surface area is 207 Å². The molecule has 9 heteroatoms. The molecule has 3 aliphatic rings. The first kappa shape index (κ1) is 25.3. The van der Waals surface area contributed by atoms with Crippen LogP contribution in [0.5, 0.6) is 11.5 Å². The maximum atomic E-state index is 13.1.